The van der Waals surface area contributed by atoms with Gasteiger partial charge in [-0.25, -0.2) is 14.6 Å². The molecule has 0 aromatic carbocycles. The molecular weight excluding hydrogens is 322 g/mol. The van der Waals surface area contributed by atoms with Gasteiger partial charge in [0, 0.05) is 32.2 Å². The number of morpholine rings is 1. The van der Waals surface area contributed by atoms with Gasteiger partial charge in [-0.15, -0.1) is 0 Å². The molecule has 1 atom stereocenters. The Morgan fingerprint density at radius 3 is 2.24 bits per heavy atom. The monoisotopic (exact) mass is 347 g/mol. The Hall–Kier alpha value is -2.00. The van der Waals surface area contributed by atoms with E-state index in [-0.39, 0.29) is 0 Å². The van der Waals surface area contributed by atoms with Crippen LogP contribution in [-0.4, -0.2) is 83.7 Å². The highest BCUT2D eigenvalue weighted by Gasteiger charge is 2.31. The zero-order valence-corrected chi connectivity index (χ0v) is 14.9. The minimum absolute atomic E-state index is 0.463. The molecular formula is C16H25N7O2. The van der Waals surface area contributed by atoms with Crippen LogP contribution in [0.1, 0.15) is 20.3 Å². The van der Waals surface area contributed by atoms with Crippen molar-refractivity contribution in [3.05, 3.63) is 0 Å². The van der Waals surface area contributed by atoms with E-state index in [1.165, 1.54) is 0 Å². The molecule has 2 aromatic rings. The Morgan fingerprint density at radius 1 is 0.960 bits per heavy atom. The van der Waals surface area contributed by atoms with Crippen molar-refractivity contribution in [2.24, 2.45) is 0 Å². The summed E-state index contributed by atoms with van der Waals surface area (Å²) in [5.41, 5.74) is 0.933. The summed E-state index contributed by atoms with van der Waals surface area (Å²) in [6.07, 6.45) is 1.14. The summed E-state index contributed by atoms with van der Waals surface area (Å²) in [7, 11) is 0. The van der Waals surface area contributed by atoms with Crippen molar-refractivity contribution in [2.75, 3.05) is 62.3 Å². The van der Waals surface area contributed by atoms with Crippen LogP contribution in [0.15, 0.2) is 4.63 Å². The van der Waals surface area contributed by atoms with Crippen molar-refractivity contribution in [3.63, 3.8) is 0 Å². The predicted molar refractivity (Wildman–Crippen MR) is 94.0 cm³/mol. The van der Waals surface area contributed by atoms with E-state index in [1.807, 2.05) is 0 Å². The Labute approximate surface area is 146 Å². The average Bonchev–Trinajstić information content (AvgIpc) is 3.31. The van der Waals surface area contributed by atoms with Crippen LogP contribution in [0.3, 0.4) is 0 Å². The Bertz CT molecular complexity index is 712. The van der Waals surface area contributed by atoms with Crippen molar-refractivity contribution in [1.82, 2.24) is 25.2 Å². The molecule has 25 heavy (non-hydrogen) atoms. The first-order chi connectivity index (χ1) is 12.3. The Morgan fingerprint density at radius 2 is 1.60 bits per heavy atom. The maximum atomic E-state index is 5.48. The average molecular weight is 347 g/mol. The fraction of sp³-hybridized carbons (Fsp3) is 0.750. The van der Waals surface area contributed by atoms with Crippen molar-refractivity contribution in [3.8, 4) is 0 Å². The van der Waals surface area contributed by atoms with Gasteiger partial charge in [-0.3, -0.25) is 4.90 Å². The summed E-state index contributed by atoms with van der Waals surface area (Å²) in [6.45, 7) is 11.6. The van der Waals surface area contributed by atoms with Crippen LogP contribution in [0, 0.1) is 0 Å². The highest BCUT2D eigenvalue weighted by molar-refractivity contribution is 5.75. The first kappa shape index (κ1) is 16.5. The zero-order chi connectivity index (χ0) is 17.2. The predicted octanol–water partition coefficient (Wildman–Crippen LogP) is 0.770. The van der Waals surface area contributed by atoms with E-state index >= 15 is 0 Å². The summed E-state index contributed by atoms with van der Waals surface area (Å²) in [6, 6.07) is 0.556. The third-order valence-corrected chi connectivity index (χ3v) is 5.18. The molecule has 0 N–H and O–H groups in total. The topological polar surface area (TPSA) is 83.7 Å². The molecule has 4 rings (SSSR count). The lowest BCUT2D eigenvalue weighted by Crippen LogP contribution is -2.39. The largest absolute Gasteiger partial charge is 0.378 e. The van der Waals surface area contributed by atoms with E-state index in [4.69, 9.17) is 19.3 Å². The van der Waals surface area contributed by atoms with Gasteiger partial charge in [-0.05, 0) is 29.8 Å². The van der Waals surface area contributed by atoms with Crippen LogP contribution in [0.2, 0.25) is 0 Å². The third-order valence-electron chi connectivity index (χ3n) is 5.18. The second-order valence-electron chi connectivity index (χ2n) is 6.49. The maximum Gasteiger partial charge on any atom is 0.245 e. The molecule has 2 fully saturated rings. The van der Waals surface area contributed by atoms with Crippen molar-refractivity contribution in [2.45, 2.75) is 26.3 Å². The lowest BCUT2D eigenvalue weighted by Gasteiger charge is -2.31. The highest BCUT2D eigenvalue weighted by atomic mass is 16.6. The number of nitrogens with zero attached hydrogens (tertiary/aromatic N) is 7. The van der Waals surface area contributed by atoms with E-state index in [0.29, 0.717) is 30.5 Å². The van der Waals surface area contributed by atoms with E-state index in [9.17, 15) is 0 Å². The molecule has 2 aliphatic heterocycles. The quantitative estimate of drug-likeness (QED) is 0.778. The van der Waals surface area contributed by atoms with Crippen LogP contribution < -0.4 is 9.80 Å². The van der Waals surface area contributed by atoms with Gasteiger partial charge in [0.15, 0.2) is 11.6 Å². The SMILES string of the molecule is CCN(CC)C1CCN(c2nc3nonc3nc2N2CCOCC2)C1. The number of fused-ring (bicyclic) bond motifs is 1. The standard InChI is InChI=1S/C16H25N7O2/c1-3-21(4-2)12-5-6-23(11-12)16-15(22-7-9-24-10-8-22)17-13-14(18-16)20-25-19-13/h12H,3-11H2,1-2H3. The summed E-state index contributed by atoms with van der Waals surface area (Å²) < 4.78 is 10.3. The van der Waals surface area contributed by atoms with Crippen molar-refractivity contribution < 1.29 is 9.37 Å². The summed E-state index contributed by atoms with van der Waals surface area (Å²) in [5.74, 6) is 1.76. The second kappa shape index (κ2) is 7.09. The second-order valence-corrected chi connectivity index (χ2v) is 6.49. The van der Waals surface area contributed by atoms with E-state index in [1.54, 1.807) is 0 Å². The van der Waals surface area contributed by atoms with E-state index in [0.717, 1.165) is 57.3 Å². The number of aromatic nitrogens is 4. The third kappa shape index (κ3) is 3.13. The number of anilines is 2. The molecule has 1 unspecified atom stereocenters. The molecule has 4 heterocycles. The summed E-state index contributed by atoms with van der Waals surface area (Å²) in [4.78, 5) is 16.5. The fourth-order valence-electron chi connectivity index (χ4n) is 3.79. The van der Waals surface area contributed by atoms with Crippen molar-refractivity contribution in [1.29, 1.82) is 0 Å². The molecule has 9 heteroatoms. The molecule has 0 amide bonds. The Balaban J connectivity index is 1.65. The molecule has 136 valence electrons. The van der Waals surface area contributed by atoms with Gasteiger partial charge in [-0.2, -0.15) is 0 Å². The van der Waals surface area contributed by atoms with Gasteiger partial charge in [0.25, 0.3) is 0 Å². The molecule has 0 aliphatic carbocycles. The fourth-order valence-corrected chi connectivity index (χ4v) is 3.79. The van der Waals surface area contributed by atoms with E-state index < -0.39 is 0 Å². The van der Waals surface area contributed by atoms with Crippen LogP contribution >= 0.6 is 0 Å². The van der Waals surface area contributed by atoms with Gasteiger partial charge in [0.05, 0.1) is 13.2 Å². The highest BCUT2D eigenvalue weighted by Crippen LogP contribution is 2.31. The number of rotatable bonds is 5. The number of likely N-dealkylation sites (N-methyl/N-ethyl adjacent to an activating group) is 1. The van der Waals surface area contributed by atoms with Gasteiger partial charge in [-0.1, -0.05) is 13.8 Å². The maximum absolute atomic E-state index is 5.48. The summed E-state index contributed by atoms with van der Waals surface area (Å²) in [5, 5.41) is 7.75. The number of hydrogen-bond acceptors (Lipinski definition) is 9. The molecule has 2 saturated heterocycles. The van der Waals surface area contributed by atoms with Gasteiger partial charge in [0.2, 0.25) is 11.3 Å². The lowest BCUT2D eigenvalue weighted by atomic mass is 10.2. The van der Waals surface area contributed by atoms with Crippen LogP contribution in [0.5, 0.6) is 0 Å². The van der Waals surface area contributed by atoms with Crippen LogP contribution in [-0.2, 0) is 4.74 Å². The molecule has 2 aromatic heterocycles. The first-order valence-corrected chi connectivity index (χ1v) is 9.12. The van der Waals surface area contributed by atoms with Gasteiger partial charge in [0.1, 0.15) is 0 Å². The van der Waals surface area contributed by atoms with Gasteiger partial charge >= 0.3 is 0 Å². The normalized spacial score (nSPS) is 21.6. The molecule has 2 aliphatic rings. The molecule has 0 radical (unpaired) electrons. The smallest absolute Gasteiger partial charge is 0.245 e. The number of ether oxygens (including phenoxy) is 1. The lowest BCUT2D eigenvalue weighted by molar-refractivity contribution is 0.122. The van der Waals surface area contributed by atoms with Crippen LogP contribution in [0.4, 0.5) is 11.6 Å². The zero-order valence-electron chi connectivity index (χ0n) is 14.9. The molecule has 0 spiro atoms. The molecule has 9 nitrogen and oxygen atoms in total. The van der Waals surface area contributed by atoms with E-state index in [2.05, 4.69) is 38.9 Å². The Kier molecular flexibility index (Phi) is 4.67. The first-order valence-electron chi connectivity index (χ1n) is 9.12. The van der Waals surface area contributed by atoms with Gasteiger partial charge < -0.3 is 14.5 Å². The minimum Gasteiger partial charge on any atom is -0.378 e. The molecule has 0 bridgehead atoms. The minimum atomic E-state index is 0.463. The molecule has 0 saturated carbocycles. The van der Waals surface area contributed by atoms with Crippen LogP contribution in [0.25, 0.3) is 11.3 Å². The van der Waals surface area contributed by atoms with Crippen molar-refractivity contribution >= 4 is 22.9 Å². The summed E-state index contributed by atoms with van der Waals surface area (Å²) >= 11 is 0. The number of hydrogen-bond donors (Lipinski definition) is 0.